The molecule has 2 aromatic carbocycles. The van der Waals surface area contributed by atoms with Gasteiger partial charge < -0.3 is 15.8 Å². The first-order chi connectivity index (χ1) is 18.8. The van der Waals surface area contributed by atoms with Crippen LogP contribution in [-0.2, 0) is 9.53 Å². The number of cyclic esters (lactones) is 1. The van der Waals surface area contributed by atoms with E-state index in [0.29, 0.717) is 24.9 Å². The molecule has 39 heavy (non-hydrogen) atoms. The van der Waals surface area contributed by atoms with Gasteiger partial charge in [0.05, 0.1) is 0 Å². The van der Waals surface area contributed by atoms with Gasteiger partial charge in [0.15, 0.2) is 11.6 Å². The van der Waals surface area contributed by atoms with Crippen LogP contribution in [-0.4, -0.2) is 59.1 Å². The number of rotatable bonds is 5. The molecular weight excluding hydrogens is 506 g/mol. The smallest absolute Gasteiger partial charge is 0.419 e. The number of halogens is 2. The maximum Gasteiger partial charge on any atom is 0.419 e. The number of carbonyl (C=O) groups excluding carboxylic acids is 3. The zero-order valence-corrected chi connectivity index (χ0v) is 22.3. The Labute approximate surface area is 227 Å². The first-order valence-electron chi connectivity index (χ1n) is 13.7. The number of likely N-dealkylation sites (tertiary alicyclic amines) is 1. The van der Waals surface area contributed by atoms with Crippen LogP contribution in [0.2, 0.25) is 0 Å². The molecule has 0 aromatic heterocycles. The Balaban J connectivity index is 0.00000172. The van der Waals surface area contributed by atoms with E-state index in [-0.39, 0.29) is 11.6 Å². The average Bonchev–Trinajstić information content (AvgIpc) is 3.56. The van der Waals surface area contributed by atoms with E-state index in [1.807, 2.05) is 19.9 Å². The molecule has 0 spiro atoms. The van der Waals surface area contributed by atoms with Crippen molar-refractivity contribution >= 4 is 18.0 Å². The first kappa shape index (κ1) is 28.5. The summed E-state index contributed by atoms with van der Waals surface area (Å²) in [5.41, 5.74) is 6.80. The summed E-state index contributed by atoms with van der Waals surface area (Å²) in [5, 5.41) is 2.86. The van der Waals surface area contributed by atoms with E-state index in [1.165, 1.54) is 11.6 Å². The summed E-state index contributed by atoms with van der Waals surface area (Å²) in [6.07, 6.45) is 2.53. The molecule has 2 aromatic rings. The standard InChI is InChI=1S/C27H30F2N4O4.C2H6/c28-21-11-8-18(14-22(21)29)23-24(25(30)34)37-27(36)33(23)26(35)31-19-12-13-32(15-19)20-9-6-17(7-10-20)16-4-2-1-3-5-16;1-2/h1-5,8,11,14,17,19-20,23-24H,6-7,9-10,12-13,15H2,(H2,30,34)(H,31,35);1-2H3. The van der Waals surface area contributed by atoms with Gasteiger partial charge in [-0.15, -0.1) is 0 Å². The van der Waals surface area contributed by atoms with Gasteiger partial charge in [-0.05, 0) is 61.3 Å². The van der Waals surface area contributed by atoms with E-state index in [2.05, 4.69) is 34.5 Å². The van der Waals surface area contributed by atoms with Crippen LogP contribution in [0.15, 0.2) is 48.5 Å². The second kappa shape index (κ2) is 12.5. The monoisotopic (exact) mass is 542 g/mol. The molecule has 1 aliphatic carbocycles. The highest BCUT2D eigenvalue weighted by molar-refractivity contribution is 5.97. The van der Waals surface area contributed by atoms with Crippen LogP contribution in [0.5, 0.6) is 0 Å². The van der Waals surface area contributed by atoms with Crippen LogP contribution in [0.25, 0.3) is 0 Å². The predicted octanol–water partition coefficient (Wildman–Crippen LogP) is 4.85. The Hall–Kier alpha value is -3.53. The van der Waals surface area contributed by atoms with E-state index in [0.717, 1.165) is 49.3 Å². The van der Waals surface area contributed by atoms with Crippen molar-refractivity contribution in [3.63, 3.8) is 0 Å². The number of primary amides is 1. The van der Waals surface area contributed by atoms with Gasteiger partial charge in [-0.25, -0.2) is 23.3 Å². The molecule has 2 aliphatic heterocycles. The molecule has 3 fully saturated rings. The van der Waals surface area contributed by atoms with E-state index >= 15 is 0 Å². The third-order valence-corrected chi connectivity index (χ3v) is 7.81. The highest BCUT2D eigenvalue weighted by Crippen LogP contribution is 2.37. The number of amides is 4. The largest absolute Gasteiger partial charge is 0.433 e. The third-order valence-electron chi connectivity index (χ3n) is 7.81. The summed E-state index contributed by atoms with van der Waals surface area (Å²) < 4.78 is 32.4. The number of hydrogen-bond donors (Lipinski definition) is 2. The number of imide groups is 1. The molecule has 10 heteroatoms. The lowest BCUT2D eigenvalue weighted by Crippen LogP contribution is -2.48. The minimum absolute atomic E-state index is 0.0342. The van der Waals surface area contributed by atoms with Crippen LogP contribution in [0, 0.1) is 11.6 Å². The third kappa shape index (κ3) is 6.21. The van der Waals surface area contributed by atoms with Crippen LogP contribution < -0.4 is 11.1 Å². The number of nitrogens with two attached hydrogens (primary N) is 1. The Bertz CT molecular complexity index is 1170. The van der Waals surface area contributed by atoms with E-state index in [4.69, 9.17) is 10.5 Å². The molecule has 2 heterocycles. The van der Waals surface area contributed by atoms with E-state index < -0.39 is 41.8 Å². The lowest BCUT2D eigenvalue weighted by atomic mass is 9.81. The maximum absolute atomic E-state index is 13.9. The van der Waals surface area contributed by atoms with Crippen molar-refractivity contribution in [2.24, 2.45) is 5.73 Å². The fourth-order valence-electron chi connectivity index (χ4n) is 5.90. The number of benzene rings is 2. The predicted molar refractivity (Wildman–Crippen MR) is 142 cm³/mol. The number of carbonyl (C=O) groups is 3. The van der Waals surface area contributed by atoms with Crippen LogP contribution in [0.4, 0.5) is 18.4 Å². The van der Waals surface area contributed by atoms with Crippen molar-refractivity contribution in [1.29, 1.82) is 0 Å². The van der Waals surface area contributed by atoms with Crippen molar-refractivity contribution in [2.75, 3.05) is 13.1 Å². The fraction of sp³-hybridized carbons (Fsp3) is 0.483. The SMILES string of the molecule is CC.NC(=O)C1OC(=O)N(C(=O)NC2CCN(C3CCC(c4ccccc4)CC3)C2)C1c1ccc(F)c(F)c1. The number of ether oxygens (including phenoxy) is 1. The molecule has 1 saturated carbocycles. The van der Waals surface area contributed by atoms with Crippen molar-refractivity contribution in [2.45, 2.75) is 76.1 Å². The van der Waals surface area contributed by atoms with Gasteiger partial charge in [0.25, 0.3) is 5.91 Å². The highest BCUT2D eigenvalue weighted by atomic mass is 19.2. The second-order valence-corrected chi connectivity index (χ2v) is 10.0. The quantitative estimate of drug-likeness (QED) is 0.562. The van der Waals surface area contributed by atoms with Crippen molar-refractivity contribution < 1.29 is 27.9 Å². The number of nitrogens with one attached hydrogen (secondary N) is 1. The minimum atomic E-state index is -1.51. The Morgan fingerprint density at radius 2 is 1.64 bits per heavy atom. The molecule has 3 aliphatic rings. The van der Waals surface area contributed by atoms with E-state index in [9.17, 15) is 23.2 Å². The first-order valence-corrected chi connectivity index (χ1v) is 13.7. The molecule has 3 unspecified atom stereocenters. The van der Waals surface area contributed by atoms with Gasteiger partial charge in [0.2, 0.25) is 6.10 Å². The molecule has 3 atom stereocenters. The molecule has 0 radical (unpaired) electrons. The summed E-state index contributed by atoms with van der Waals surface area (Å²) in [6, 6.07) is 11.6. The summed E-state index contributed by atoms with van der Waals surface area (Å²) in [5.74, 6) is -2.68. The lowest BCUT2D eigenvalue weighted by Gasteiger charge is -2.35. The van der Waals surface area contributed by atoms with Crippen LogP contribution in [0.1, 0.15) is 69.0 Å². The molecule has 2 saturated heterocycles. The fourth-order valence-corrected chi connectivity index (χ4v) is 5.90. The van der Waals surface area contributed by atoms with Gasteiger partial charge in [0, 0.05) is 25.2 Å². The van der Waals surface area contributed by atoms with E-state index in [1.54, 1.807) is 0 Å². The zero-order chi connectivity index (χ0) is 28.1. The molecule has 0 bridgehead atoms. The Morgan fingerprint density at radius 3 is 2.28 bits per heavy atom. The average molecular weight is 543 g/mol. The number of nitrogens with zero attached hydrogens (tertiary/aromatic N) is 2. The van der Waals surface area contributed by atoms with Gasteiger partial charge in [-0.2, -0.15) is 0 Å². The topological polar surface area (TPSA) is 105 Å². The zero-order valence-electron chi connectivity index (χ0n) is 22.3. The molecule has 210 valence electrons. The number of hydrogen-bond acceptors (Lipinski definition) is 5. The van der Waals surface area contributed by atoms with Gasteiger partial charge in [0.1, 0.15) is 6.04 Å². The summed E-state index contributed by atoms with van der Waals surface area (Å²) >= 11 is 0. The van der Waals surface area contributed by atoms with Gasteiger partial charge in [-0.1, -0.05) is 50.2 Å². The Morgan fingerprint density at radius 1 is 0.949 bits per heavy atom. The Kier molecular flexibility index (Phi) is 9.16. The molecule has 5 rings (SSSR count). The van der Waals surface area contributed by atoms with Crippen LogP contribution in [0.3, 0.4) is 0 Å². The molecule has 4 amide bonds. The highest BCUT2D eigenvalue weighted by Gasteiger charge is 2.50. The molecule has 3 N–H and O–H groups in total. The summed E-state index contributed by atoms with van der Waals surface area (Å²) in [6.45, 7) is 5.47. The maximum atomic E-state index is 13.9. The molecular formula is C29H36F2N4O4. The van der Waals surface area contributed by atoms with Crippen molar-refractivity contribution in [3.8, 4) is 0 Å². The summed E-state index contributed by atoms with van der Waals surface area (Å²) in [7, 11) is 0. The van der Waals surface area contributed by atoms with Crippen molar-refractivity contribution in [1.82, 2.24) is 15.1 Å². The molecule has 8 nitrogen and oxygen atoms in total. The van der Waals surface area contributed by atoms with Crippen molar-refractivity contribution in [3.05, 3.63) is 71.3 Å². The number of urea groups is 1. The minimum Gasteiger partial charge on any atom is -0.433 e. The van der Waals surface area contributed by atoms with Crippen LogP contribution >= 0.6 is 0 Å². The lowest BCUT2D eigenvalue weighted by molar-refractivity contribution is -0.125. The van der Waals surface area contributed by atoms with Gasteiger partial charge >= 0.3 is 12.1 Å². The second-order valence-electron chi connectivity index (χ2n) is 10.0. The van der Waals surface area contributed by atoms with Gasteiger partial charge in [-0.3, -0.25) is 9.69 Å². The normalized spacial score (nSPS) is 26.9. The summed E-state index contributed by atoms with van der Waals surface area (Å²) in [4.78, 5) is 40.8.